The van der Waals surface area contributed by atoms with Gasteiger partial charge in [0, 0.05) is 0 Å². The predicted molar refractivity (Wildman–Crippen MR) is 277 cm³/mol. The Balaban J connectivity index is 3.48. The van der Waals surface area contributed by atoms with Crippen molar-refractivity contribution >= 4 is 5.91 Å². The van der Waals surface area contributed by atoms with Crippen LogP contribution in [0.1, 0.15) is 290 Å². The summed E-state index contributed by atoms with van der Waals surface area (Å²) in [6, 6.07) is -0.760. The third kappa shape index (κ3) is 49.6. The van der Waals surface area contributed by atoms with Crippen LogP contribution in [-0.2, 0) is 4.79 Å². The molecule has 370 valence electrons. The molecule has 0 saturated carbocycles. The molecular weight excluding hydrogens is 775 g/mol. The molecule has 0 bridgehead atoms. The summed E-state index contributed by atoms with van der Waals surface area (Å²) in [5.74, 6) is -0.326. The summed E-state index contributed by atoms with van der Waals surface area (Å²) in [5, 5.41) is 33.2. The Morgan fingerprint density at radius 3 is 1.11 bits per heavy atom. The van der Waals surface area contributed by atoms with E-state index >= 15 is 0 Å². The van der Waals surface area contributed by atoms with Gasteiger partial charge in [0.1, 0.15) is 0 Å². The first-order valence-corrected chi connectivity index (χ1v) is 27.9. The van der Waals surface area contributed by atoms with E-state index in [0.29, 0.717) is 6.42 Å². The average Bonchev–Trinajstić information content (AvgIpc) is 3.28. The molecule has 0 spiro atoms. The molecule has 5 nitrogen and oxygen atoms in total. The van der Waals surface area contributed by atoms with Gasteiger partial charge in [-0.3, -0.25) is 4.79 Å². The van der Waals surface area contributed by atoms with Gasteiger partial charge in [0.05, 0.1) is 31.3 Å². The lowest BCUT2D eigenvalue weighted by Gasteiger charge is -2.21. The number of hydrogen-bond donors (Lipinski definition) is 4. The number of rotatable bonds is 51. The number of carbonyl (C=O) groups is 1. The molecule has 63 heavy (non-hydrogen) atoms. The van der Waals surface area contributed by atoms with Gasteiger partial charge in [-0.05, 0) is 64.2 Å². The fraction of sp³-hybridized carbons (Fsp3) is 0.845. The number of unbranched alkanes of at least 4 members (excludes halogenated alkanes) is 36. The number of aliphatic hydroxyl groups is 3. The molecule has 0 aliphatic carbocycles. The van der Waals surface area contributed by atoms with Gasteiger partial charge >= 0.3 is 0 Å². The second-order valence-corrected chi connectivity index (χ2v) is 19.2. The molecule has 5 heteroatoms. The van der Waals surface area contributed by atoms with Crippen molar-refractivity contribution < 1.29 is 20.1 Å². The smallest absolute Gasteiger partial charge is 0.222 e. The van der Waals surface area contributed by atoms with Crippen molar-refractivity contribution in [2.24, 2.45) is 0 Å². The Morgan fingerprint density at radius 1 is 0.413 bits per heavy atom. The highest BCUT2D eigenvalue weighted by molar-refractivity contribution is 5.76. The molecule has 0 aromatic rings. The Bertz CT molecular complexity index is 1020. The van der Waals surface area contributed by atoms with Crippen molar-refractivity contribution in [3.05, 3.63) is 48.6 Å². The molecule has 0 rings (SSSR count). The Morgan fingerprint density at radius 2 is 0.730 bits per heavy atom. The molecule has 0 aliphatic rings. The Hall–Kier alpha value is -1.69. The summed E-state index contributed by atoms with van der Waals surface area (Å²) in [5.41, 5.74) is 0. The normalized spacial score (nSPS) is 13.7. The fourth-order valence-electron chi connectivity index (χ4n) is 8.56. The first-order valence-electron chi connectivity index (χ1n) is 27.9. The van der Waals surface area contributed by atoms with E-state index in [1.54, 1.807) is 6.08 Å². The fourth-order valence-corrected chi connectivity index (χ4v) is 8.56. The van der Waals surface area contributed by atoms with Crippen LogP contribution in [0.2, 0.25) is 0 Å². The number of hydrogen-bond acceptors (Lipinski definition) is 4. The monoisotopic (exact) mass is 884 g/mol. The van der Waals surface area contributed by atoms with Crippen molar-refractivity contribution in [3.8, 4) is 0 Å². The number of amides is 1. The minimum atomic E-state index is -0.951. The summed E-state index contributed by atoms with van der Waals surface area (Å²) < 4.78 is 0. The molecule has 0 radical (unpaired) electrons. The van der Waals surface area contributed by atoms with Gasteiger partial charge in [-0.2, -0.15) is 0 Å². The van der Waals surface area contributed by atoms with Gasteiger partial charge in [0.15, 0.2) is 0 Å². The van der Waals surface area contributed by atoms with Crippen molar-refractivity contribution in [1.29, 1.82) is 0 Å². The standard InChI is InChI=1S/C58H109NO4/c1-3-5-7-9-11-13-15-16-17-18-19-20-21-22-23-24-25-26-27-28-29-30-31-32-33-34-35-36-37-38-39-40-42-43-45-47-49-51-55(61)53-58(63)59-56(54-60)57(62)52-50-48-46-44-41-14-12-10-8-6-4-2/h25-26,28-29,41,44,50,52,55-57,60-62H,3-24,27,30-40,42-43,45-49,51,53-54H2,1-2H3,(H,59,63)/b26-25-,29-28-,44-41+,52-50+. The van der Waals surface area contributed by atoms with E-state index in [0.717, 1.165) is 38.5 Å². The third-order valence-electron chi connectivity index (χ3n) is 12.8. The Labute approximate surface area is 393 Å². The lowest BCUT2D eigenvalue weighted by Crippen LogP contribution is -2.45. The maximum Gasteiger partial charge on any atom is 0.222 e. The van der Waals surface area contributed by atoms with Crippen molar-refractivity contribution in [2.75, 3.05) is 6.61 Å². The molecule has 3 atom stereocenters. The zero-order valence-electron chi connectivity index (χ0n) is 42.2. The Kier molecular flexibility index (Phi) is 51.5. The van der Waals surface area contributed by atoms with Gasteiger partial charge in [-0.1, -0.05) is 268 Å². The highest BCUT2D eigenvalue weighted by Gasteiger charge is 2.20. The molecule has 0 aromatic heterocycles. The van der Waals surface area contributed by atoms with Crippen LogP contribution >= 0.6 is 0 Å². The van der Waals surface area contributed by atoms with Crippen LogP contribution < -0.4 is 5.32 Å². The summed E-state index contributed by atoms with van der Waals surface area (Å²) in [7, 11) is 0. The van der Waals surface area contributed by atoms with Crippen LogP contribution in [0.15, 0.2) is 48.6 Å². The first kappa shape index (κ1) is 61.3. The van der Waals surface area contributed by atoms with Gasteiger partial charge in [-0.15, -0.1) is 0 Å². The van der Waals surface area contributed by atoms with E-state index in [4.69, 9.17) is 0 Å². The number of allylic oxidation sites excluding steroid dienone is 7. The molecule has 0 aromatic carbocycles. The predicted octanol–water partition coefficient (Wildman–Crippen LogP) is 17.2. The van der Waals surface area contributed by atoms with Gasteiger partial charge in [0.25, 0.3) is 0 Å². The van der Waals surface area contributed by atoms with E-state index < -0.39 is 18.2 Å². The van der Waals surface area contributed by atoms with E-state index in [-0.39, 0.29) is 18.9 Å². The largest absolute Gasteiger partial charge is 0.394 e. The highest BCUT2D eigenvalue weighted by atomic mass is 16.3. The summed E-state index contributed by atoms with van der Waals surface area (Å²) in [4.78, 5) is 12.4. The molecule has 0 saturated heterocycles. The van der Waals surface area contributed by atoms with E-state index in [9.17, 15) is 20.1 Å². The van der Waals surface area contributed by atoms with Crippen LogP contribution in [0.4, 0.5) is 0 Å². The minimum absolute atomic E-state index is 0.00560. The summed E-state index contributed by atoms with van der Waals surface area (Å²) in [6.45, 7) is 4.19. The summed E-state index contributed by atoms with van der Waals surface area (Å²) >= 11 is 0. The number of aliphatic hydroxyl groups excluding tert-OH is 3. The quantitative estimate of drug-likeness (QED) is 0.0362. The topological polar surface area (TPSA) is 89.8 Å². The van der Waals surface area contributed by atoms with Crippen molar-refractivity contribution in [2.45, 2.75) is 308 Å². The van der Waals surface area contributed by atoms with Crippen LogP contribution in [-0.4, -0.2) is 46.1 Å². The van der Waals surface area contributed by atoms with Crippen LogP contribution in [0.25, 0.3) is 0 Å². The third-order valence-corrected chi connectivity index (χ3v) is 12.8. The van der Waals surface area contributed by atoms with E-state index in [1.165, 1.54) is 225 Å². The molecule has 3 unspecified atom stereocenters. The van der Waals surface area contributed by atoms with Crippen molar-refractivity contribution in [1.82, 2.24) is 5.32 Å². The van der Waals surface area contributed by atoms with E-state index in [2.05, 4.69) is 55.6 Å². The van der Waals surface area contributed by atoms with Gasteiger partial charge < -0.3 is 20.6 Å². The van der Waals surface area contributed by atoms with Crippen molar-refractivity contribution in [3.63, 3.8) is 0 Å². The van der Waals surface area contributed by atoms with Crippen LogP contribution in [0.3, 0.4) is 0 Å². The lowest BCUT2D eigenvalue weighted by molar-refractivity contribution is -0.124. The zero-order valence-corrected chi connectivity index (χ0v) is 42.2. The van der Waals surface area contributed by atoms with Gasteiger partial charge in [0.2, 0.25) is 5.91 Å². The van der Waals surface area contributed by atoms with Crippen LogP contribution in [0.5, 0.6) is 0 Å². The molecule has 0 fully saturated rings. The molecule has 0 heterocycles. The highest BCUT2D eigenvalue weighted by Crippen LogP contribution is 2.17. The second-order valence-electron chi connectivity index (χ2n) is 19.2. The lowest BCUT2D eigenvalue weighted by atomic mass is 10.0. The van der Waals surface area contributed by atoms with Gasteiger partial charge in [-0.25, -0.2) is 0 Å². The molecular formula is C58H109NO4. The second kappa shape index (κ2) is 52.9. The summed E-state index contributed by atoms with van der Waals surface area (Å²) in [6.07, 6.45) is 70.4. The number of nitrogens with one attached hydrogen (secondary N) is 1. The van der Waals surface area contributed by atoms with Crippen LogP contribution in [0, 0.1) is 0 Å². The number of carbonyl (C=O) groups excluding carboxylic acids is 1. The maximum atomic E-state index is 12.4. The molecule has 0 aliphatic heterocycles. The maximum absolute atomic E-state index is 12.4. The average molecular weight is 885 g/mol. The first-order chi connectivity index (χ1) is 31.0. The molecule has 1 amide bonds. The zero-order chi connectivity index (χ0) is 45.8. The van der Waals surface area contributed by atoms with E-state index in [1.807, 2.05) is 6.08 Å². The SMILES string of the molecule is CCCCCCC/C=C/CC/C=C/C(O)C(CO)NC(=O)CC(O)CCCCCCCCCCCCCCCCC/C=C\C/C=C\CCCCCCCCCCCCCCCCC. The molecule has 4 N–H and O–H groups in total. The minimum Gasteiger partial charge on any atom is -0.394 e.